The summed E-state index contributed by atoms with van der Waals surface area (Å²) in [5, 5.41) is 2.56. The van der Waals surface area contributed by atoms with Crippen LogP contribution in [0.2, 0.25) is 0 Å². The Morgan fingerprint density at radius 2 is 0.955 bits per heavy atom. The molecule has 0 radical (unpaired) electrons. The van der Waals surface area contributed by atoms with Crippen LogP contribution in [0.3, 0.4) is 0 Å². The van der Waals surface area contributed by atoms with Gasteiger partial charge in [0.15, 0.2) is 0 Å². The Bertz CT molecular complexity index is 2330. The van der Waals surface area contributed by atoms with E-state index in [0.717, 1.165) is 6.42 Å². The van der Waals surface area contributed by atoms with E-state index in [1.54, 1.807) is 0 Å². The first kappa shape index (κ1) is 24.9. The first-order chi connectivity index (χ1) is 21.8. The van der Waals surface area contributed by atoms with Gasteiger partial charge in [-0.15, -0.1) is 0 Å². The zero-order valence-electron chi connectivity index (χ0n) is 24.2. The van der Waals surface area contributed by atoms with Gasteiger partial charge in [0, 0.05) is 16.5 Å². The summed E-state index contributed by atoms with van der Waals surface area (Å²) in [4.78, 5) is 0. The van der Waals surface area contributed by atoms with Crippen LogP contribution in [0, 0.1) is 0 Å². The maximum absolute atomic E-state index is 2.42. The number of hydrogen-bond acceptors (Lipinski definition) is 0. The van der Waals surface area contributed by atoms with E-state index in [1.165, 1.54) is 83.1 Å². The number of aromatic nitrogens is 1. The number of fused-ring (bicyclic) bond motifs is 6. The third-order valence-corrected chi connectivity index (χ3v) is 9.23. The lowest BCUT2D eigenvalue weighted by molar-refractivity contribution is 1.18. The molecular formula is C43H29N. The average molecular weight is 560 g/mol. The van der Waals surface area contributed by atoms with Crippen LogP contribution >= 0.6 is 0 Å². The molecule has 1 aliphatic rings. The summed E-state index contributed by atoms with van der Waals surface area (Å²) in [5.41, 5.74) is 16.8. The third-order valence-electron chi connectivity index (χ3n) is 9.23. The summed E-state index contributed by atoms with van der Waals surface area (Å²) in [6.45, 7) is 0. The summed E-state index contributed by atoms with van der Waals surface area (Å²) in [6.07, 6.45) is 0.952. The van der Waals surface area contributed by atoms with Gasteiger partial charge in [0.25, 0.3) is 0 Å². The van der Waals surface area contributed by atoms with E-state index in [1.807, 2.05) is 0 Å². The molecule has 0 atom stereocenters. The molecule has 0 saturated carbocycles. The predicted molar refractivity (Wildman–Crippen MR) is 185 cm³/mol. The molecule has 0 amide bonds. The quantitative estimate of drug-likeness (QED) is 0.202. The Morgan fingerprint density at radius 1 is 0.364 bits per heavy atom. The van der Waals surface area contributed by atoms with E-state index in [9.17, 15) is 0 Å². The second kappa shape index (κ2) is 9.97. The van der Waals surface area contributed by atoms with Gasteiger partial charge in [-0.1, -0.05) is 115 Å². The van der Waals surface area contributed by atoms with Crippen molar-refractivity contribution in [3.8, 4) is 50.2 Å². The minimum absolute atomic E-state index is 0.952. The summed E-state index contributed by atoms with van der Waals surface area (Å²) >= 11 is 0. The number of nitrogens with zero attached hydrogens (tertiary/aromatic N) is 1. The molecule has 44 heavy (non-hydrogen) atoms. The minimum Gasteiger partial charge on any atom is -0.309 e. The number of hydrogen-bond donors (Lipinski definition) is 0. The molecule has 1 aromatic heterocycles. The van der Waals surface area contributed by atoms with Crippen LogP contribution in [0.25, 0.3) is 72.0 Å². The van der Waals surface area contributed by atoms with Crippen molar-refractivity contribution in [2.24, 2.45) is 0 Å². The van der Waals surface area contributed by atoms with Crippen LogP contribution in [0.4, 0.5) is 0 Å². The smallest absolute Gasteiger partial charge is 0.0541 e. The van der Waals surface area contributed by atoms with Gasteiger partial charge in [0.1, 0.15) is 0 Å². The van der Waals surface area contributed by atoms with E-state index in [4.69, 9.17) is 0 Å². The molecule has 0 fully saturated rings. The molecule has 1 heteroatoms. The fourth-order valence-electron chi connectivity index (χ4n) is 7.13. The molecule has 8 aromatic rings. The molecular weight excluding hydrogens is 530 g/mol. The lowest BCUT2D eigenvalue weighted by Crippen LogP contribution is -1.92. The lowest BCUT2D eigenvalue weighted by Gasteiger charge is -2.13. The van der Waals surface area contributed by atoms with Crippen LogP contribution < -0.4 is 0 Å². The van der Waals surface area contributed by atoms with Crippen molar-refractivity contribution in [1.82, 2.24) is 4.57 Å². The normalized spacial score (nSPS) is 12.0. The Labute approximate surface area is 257 Å². The molecule has 1 nitrogen and oxygen atoms in total. The SMILES string of the molecule is c1ccc(-c2cc(-c3ccccc3)c3c(c2)-c2cc(-c4ccc5c(c4)c4ccccc4n5-c4ccccc4)ccc2C3)cc1. The number of para-hydroxylation sites is 2. The highest BCUT2D eigenvalue weighted by Crippen LogP contribution is 2.46. The molecule has 9 rings (SSSR count). The van der Waals surface area contributed by atoms with E-state index < -0.39 is 0 Å². The van der Waals surface area contributed by atoms with Crippen molar-refractivity contribution in [3.63, 3.8) is 0 Å². The van der Waals surface area contributed by atoms with Crippen molar-refractivity contribution >= 4 is 21.8 Å². The van der Waals surface area contributed by atoms with Gasteiger partial charge < -0.3 is 4.57 Å². The Morgan fingerprint density at radius 3 is 1.75 bits per heavy atom. The van der Waals surface area contributed by atoms with Gasteiger partial charge >= 0.3 is 0 Å². The topological polar surface area (TPSA) is 4.93 Å². The molecule has 0 bridgehead atoms. The first-order valence-corrected chi connectivity index (χ1v) is 15.3. The van der Waals surface area contributed by atoms with E-state index in [-0.39, 0.29) is 0 Å². The second-order valence-corrected chi connectivity index (χ2v) is 11.8. The number of benzene rings is 7. The third kappa shape index (κ3) is 3.94. The van der Waals surface area contributed by atoms with Gasteiger partial charge in [-0.25, -0.2) is 0 Å². The summed E-state index contributed by atoms with van der Waals surface area (Å²) in [6, 6.07) is 59.8. The maximum atomic E-state index is 2.42. The van der Waals surface area contributed by atoms with Crippen molar-refractivity contribution in [1.29, 1.82) is 0 Å². The summed E-state index contributed by atoms with van der Waals surface area (Å²) in [5.74, 6) is 0. The van der Waals surface area contributed by atoms with Crippen LogP contribution in [0.15, 0.2) is 164 Å². The highest BCUT2D eigenvalue weighted by molar-refractivity contribution is 6.10. The second-order valence-electron chi connectivity index (χ2n) is 11.8. The zero-order valence-corrected chi connectivity index (χ0v) is 24.2. The molecule has 1 heterocycles. The Balaban J connectivity index is 1.22. The molecule has 0 unspecified atom stereocenters. The van der Waals surface area contributed by atoms with Crippen molar-refractivity contribution in [2.45, 2.75) is 6.42 Å². The average Bonchev–Trinajstić information content (AvgIpc) is 3.64. The highest BCUT2D eigenvalue weighted by Gasteiger charge is 2.24. The molecule has 7 aromatic carbocycles. The first-order valence-electron chi connectivity index (χ1n) is 15.3. The van der Waals surface area contributed by atoms with Gasteiger partial charge in [-0.2, -0.15) is 0 Å². The minimum atomic E-state index is 0.952. The lowest BCUT2D eigenvalue weighted by atomic mass is 9.90. The van der Waals surface area contributed by atoms with Gasteiger partial charge in [0.05, 0.1) is 11.0 Å². The van der Waals surface area contributed by atoms with Crippen molar-refractivity contribution in [3.05, 3.63) is 175 Å². The molecule has 0 aliphatic heterocycles. The van der Waals surface area contributed by atoms with E-state index in [0.29, 0.717) is 0 Å². The molecule has 0 N–H and O–H groups in total. The largest absolute Gasteiger partial charge is 0.309 e. The maximum Gasteiger partial charge on any atom is 0.0541 e. The van der Waals surface area contributed by atoms with Gasteiger partial charge in [0.2, 0.25) is 0 Å². The predicted octanol–water partition coefficient (Wildman–Crippen LogP) is 11.4. The van der Waals surface area contributed by atoms with E-state index in [2.05, 4.69) is 168 Å². The Kier molecular flexibility index (Phi) is 5.64. The highest BCUT2D eigenvalue weighted by atomic mass is 15.0. The van der Waals surface area contributed by atoms with Crippen molar-refractivity contribution in [2.75, 3.05) is 0 Å². The summed E-state index contributed by atoms with van der Waals surface area (Å²) < 4.78 is 2.38. The zero-order chi connectivity index (χ0) is 29.0. The van der Waals surface area contributed by atoms with Crippen LogP contribution in [0.5, 0.6) is 0 Å². The Hall–Kier alpha value is -5.66. The van der Waals surface area contributed by atoms with Gasteiger partial charge in [-0.3, -0.25) is 0 Å². The van der Waals surface area contributed by atoms with Crippen LogP contribution in [0.1, 0.15) is 11.1 Å². The van der Waals surface area contributed by atoms with Crippen LogP contribution in [-0.4, -0.2) is 4.57 Å². The van der Waals surface area contributed by atoms with Gasteiger partial charge in [-0.05, 0) is 111 Å². The summed E-state index contributed by atoms with van der Waals surface area (Å²) in [7, 11) is 0. The van der Waals surface area contributed by atoms with Crippen LogP contribution in [-0.2, 0) is 6.42 Å². The molecule has 206 valence electrons. The van der Waals surface area contributed by atoms with E-state index >= 15 is 0 Å². The molecule has 0 spiro atoms. The number of rotatable bonds is 4. The molecule has 1 aliphatic carbocycles. The fraction of sp³-hybridized carbons (Fsp3) is 0.0233. The van der Waals surface area contributed by atoms with Crippen molar-refractivity contribution < 1.29 is 0 Å². The standard InChI is InChI=1S/C43H29N/c1-4-12-29(13-5-1)34-27-37(30-14-6-2-7-15-30)39-26-33-21-20-31(24-38(33)40(39)28-34)32-22-23-43-41(25-32)36-18-10-11-19-42(36)44(43)35-16-8-3-9-17-35/h1-25,27-28H,26H2. The monoisotopic (exact) mass is 559 g/mol. The fourth-order valence-corrected chi connectivity index (χ4v) is 7.13. The molecule has 0 saturated heterocycles.